The van der Waals surface area contributed by atoms with Crippen LogP contribution in [0, 0.1) is 17.8 Å². The Morgan fingerprint density at radius 2 is 1.70 bits per heavy atom. The Morgan fingerprint density at radius 3 is 2.35 bits per heavy atom. The topological polar surface area (TPSA) is 54.7 Å². The third kappa shape index (κ3) is 1.59. The highest BCUT2D eigenvalue weighted by Gasteiger charge is 2.53. The smallest absolute Gasteiger partial charge is 0.112 e. The van der Waals surface area contributed by atoms with Crippen molar-refractivity contribution in [3.05, 3.63) is 17.2 Å². The summed E-state index contributed by atoms with van der Waals surface area (Å²) in [5, 5.41) is 0. The highest BCUT2D eigenvalue weighted by atomic mass is 15.0. The predicted molar refractivity (Wildman–Crippen MR) is 78.4 cm³/mol. The van der Waals surface area contributed by atoms with Gasteiger partial charge in [0, 0.05) is 23.6 Å². The summed E-state index contributed by atoms with van der Waals surface area (Å²) >= 11 is 0. The lowest BCUT2D eigenvalue weighted by molar-refractivity contribution is -0.00908. The number of nitrogens with two attached hydrogens (primary N) is 1. The summed E-state index contributed by atoms with van der Waals surface area (Å²) in [5.74, 6) is 4.32. The van der Waals surface area contributed by atoms with Crippen LogP contribution < -0.4 is 5.73 Å². The van der Waals surface area contributed by atoms with Crippen LogP contribution in [0.1, 0.15) is 62.2 Å². The molecule has 20 heavy (non-hydrogen) atoms. The molecule has 1 aromatic rings. The van der Waals surface area contributed by atoms with E-state index < -0.39 is 0 Å². The van der Waals surface area contributed by atoms with Gasteiger partial charge < -0.3 is 10.7 Å². The summed E-state index contributed by atoms with van der Waals surface area (Å²) in [6.45, 7) is 0. The number of hydrogen-bond donors (Lipinski definition) is 2. The first-order chi connectivity index (χ1) is 9.70. The molecule has 5 aliphatic rings. The first-order valence-corrected chi connectivity index (χ1v) is 8.54. The number of fused-ring (bicyclic) bond motifs is 1. The van der Waals surface area contributed by atoms with Crippen molar-refractivity contribution in [1.29, 1.82) is 0 Å². The number of aryl methyl sites for hydroxylation is 1. The molecule has 3 heteroatoms. The lowest BCUT2D eigenvalue weighted by Gasteiger charge is -2.56. The molecule has 1 unspecified atom stereocenters. The van der Waals surface area contributed by atoms with Crippen molar-refractivity contribution in [2.24, 2.45) is 23.5 Å². The van der Waals surface area contributed by atoms with Gasteiger partial charge in [0.05, 0.1) is 5.69 Å². The first kappa shape index (κ1) is 11.8. The second-order valence-corrected chi connectivity index (χ2v) is 8.21. The average molecular weight is 271 g/mol. The number of aromatic amines is 1. The van der Waals surface area contributed by atoms with Gasteiger partial charge in [-0.2, -0.15) is 0 Å². The predicted octanol–water partition coefficient (Wildman–Crippen LogP) is 2.69. The molecule has 0 aliphatic heterocycles. The van der Waals surface area contributed by atoms with Crippen molar-refractivity contribution in [2.75, 3.05) is 0 Å². The minimum atomic E-state index is 0.340. The standard InChI is InChI=1S/C17H25N3/c18-13-1-2-14-15(6-13)20-16(19-14)17-7-10-3-11(8-17)5-12(4-10)9-17/h10-13H,1-9,18H2,(H,19,20). The monoisotopic (exact) mass is 271 g/mol. The summed E-state index contributed by atoms with van der Waals surface area (Å²) < 4.78 is 0. The molecule has 108 valence electrons. The zero-order chi connectivity index (χ0) is 13.3. The maximum Gasteiger partial charge on any atom is 0.112 e. The molecule has 0 aromatic carbocycles. The van der Waals surface area contributed by atoms with Gasteiger partial charge in [0.1, 0.15) is 5.82 Å². The van der Waals surface area contributed by atoms with Crippen LogP contribution >= 0.6 is 0 Å². The van der Waals surface area contributed by atoms with Gasteiger partial charge in [-0.3, -0.25) is 0 Å². The molecule has 0 saturated heterocycles. The second kappa shape index (κ2) is 3.88. The van der Waals surface area contributed by atoms with Gasteiger partial charge in [0.15, 0.2) is 0 Å². The molecule has 4 saturated carbocycles. The number of nitrogens with zero attached hydrogens (tertiary/aromatic N) is 1. The van der Waals surface area contributed by atoms with Crippen molar-refractivity contribution in [2.45, 2.75) is 69.2 Å². The van der Waals surface area contributed by atoms with Crippen LogP contribution in [0.3, 0.4) is 0 Å². The third-order valence-electron chi connectivity index (χ3n) is 6.62. The number of H-pyrrole nitrogens is 1. The molecule has 0 radical (unpaired) electrons. The SMILES string of the molecule is NC1CCc2nc(C34CC5CC(CC(C5)C3)C4)[nH]c2C1. The summed E-state index contributed by atoms with van der Waals surface area (Å²) in [6, 6.07) is 0.340. The van der Waals surface area contributed by atoms with Gasteiger partial charge in [-0.15, -0.1) is 0 Å². The first-order valence-electron chi connectivity index (χ1n) is 8.54. The molecule has 0 amide bonds. The van der Waals surface area contributed by atoms with Gasteiger partial charge in [0.25, 0.3) is 0 Å². The Bertz CT molecular complexity index is 509. The summed E-state index contributed by atoms with van der Waals surface area (Å²) in [6.07, 6.45) is 11.9. The quantitative estimate of drug-likeness (QED) is 0.825. The van der Waals surface area contributed by atoms with E-state index in [2.05, 4.69) is 4.98 Å². The zero-order valence-electron chi connectivity index (χ0n) is 12.2. The molecule has 5 aliphatic carbocycles. The molecular weight excluding hydrogens is 246 g/mol. The highest BCUT2D eigenvalue weighted by Crippen LogP contribution is 2.60. The molecule has 3 N–H and O–H groups in total. The normalized spacial score (nSPS) is 45.6. The molecule has 1 heterocycles. The Morgan fingerprint density at radius 1 is 1.05 bits per heavy atom. The van der Waals surface area contributed by atoms with E-state index in [1.54, 1.807) is 0 Å². The lowest BCUT2D eigenvalue weighted by atomic mass is 9.49. The fraction of sp³-hybridized carbons (Fsp3) is 0.824. The second-order valence-electron chi connectivity index (χ2n) is 8.21. The van der Waals surface area contributed by atoms with Crippen molar-refractivity contribution in [1.82, 2.24) is 9.97 Å². The molecule has 1 atom stereocenters. The van der Waals surface area contributed by atoms with E-state index in [9.17, 15) is 0 Å². The molecule has 1 aromatic heterocycles. The maximum atomic E-state index is 6.12. The molecule has 6 rings (SSSR count). The van der Waals surface area contributed by atoms with Crippen LogP contribution in [-0.4, -0.2) is 16.0 Å². The summed E-state index contributed by atoms with van der Waals surface area (Å²) in [4.78, 5) is 8.79. The molecule has 0 spiro atoms. The van der Waals surface area contributed by atoms with Crippen molar-refractivity contribution in [3.8, 4) is 0 Å². The van der Waals surface area contributed by atoms with Gasteiger partial charge in [-0.1, -0.05) is 0 Å². The number of aromatic nitrogens is 2. The Labute approximate surface area is 120 Å². The molecule has 3 nitrogen and oxygen atoms in total. The van der Waals surface area contributed by atoms with Crippen molar-refractivity contribution >= 4 is 0 Å². The van der Waals surface area contributed by atoms with Gasteiger partial charge in [-0.05, 0) is 69.1 Å². The maximum absolute atomic E-state index is 6.12. The Kier molecular flexibility index (Phi) is 2.29. The van der Waals surface area contributed by atoms with E-state index in [0.29, 0.717) is 11.5 Å². The summed E-state index contributed by atoms with van der Waals surface area (Å²) in [7, 11) is 0. The lowest BCUT2D eigenvalue weighted by Crippen LogP contribution is -2.49. The fourth-order valence-electron chi connectivity index (χ4n) is 6.16. The number of nitrogens with one attached hydrogen (secondary N) is 1. The number of imidazole rings is 1. The minimum Gasteiger partial charge on any atom is -0.345 e. The minimum absolute atomic E-state index is 0.340. The highest BCUT2D eigenvalue weighted by molar-refractivity contribution is 5.26. The Hall–Kier alpha value is -0.830. The van der Waals surface area contributed by atoms with Crippen LogP contribution in [-0.2, 0) is 18.3 Å². The number of rotatable bonds is 1. The third-order valence-corrected chi connectivity index (χ3v) is 6.62. The van der Waals surface area contributed by atoms with E-state index >= 15 is 0 Å². The van der Waals surface area contributed by atoms with Gasteiger partial charge in [0.2, 0.25) is 0 Å². The van der Waals surface area contributed by atoms with E-state index in [1.165, 1.54) is 55.7 Å². The molecule has 4 bridgehead atoms. The molecular formula is C17H25N3. The van der Waals surface area contributed by atoms with Gasteiger partial charge >= 0.3 is 0 Å². The van der Waals surface area contributed by atoms with E-state index in [4.69, 9.17) is 10.7 Å². The van der Waals surface area contributed by atoms with Crippen molar-refractivity contribution in [3.63, 3.8) is 0 Å². The van der Waals surface area contributed by atoms with Crippen molar-refractivity contribution < 1.29 is 0 Å². The summed E-state index contributed by atoms with van der Waals surface area (Å²) in [5.41, 5.74) is 9.22. The number of hydrogen-bond acceptors (Lipinski definition) is 2. The van der Waals surface area contributed by atoms with Crippen LogP contribution in [0.2, 0.25) is 0 Å². The van der Waals surface area contributed by atoms with E-state index in [0.717, 1.165) is 37.0 Å². The largest absolute Gasteiger partial charge is 0.345 e. The van der Waals surface area contributed by atoms with E-state index in [1.807, 2.05) is 0 Å². The molecule has 4 fully saturated rings. The van der Waals surface area contributed by atoms with Gasteiger partial charge in [-0.25, -0.2) is 4.98 Å². The van der Waals surface area contributed by atoms with Crippen LogP contribution in [0.15, 0.2) is 0 Å². The fourth-order valence-corrected chi connectivity index (χ4v) is 6.16. The van der Waals surface area contributed by atoms with Crippen LogP contribution in [0.5, 0.6) is 0 Å². The Balaban J connectivity index is 1.53. The van der Waals surface area contributed by atoms with E-state index in [-0.39, 0.29) is 0 Å². The average Bonchev–Trinajstić information content (AvgIpc) is 2.80. The van der Waals surface area contributed by atoms with Crippen LogP contribution in [0.25, 0.3) is 0 Å². The van der Waals surface area contributed by atoms with Crippen LogP contribution in [0.4, 0.5) is 0 Å². The zero-order valence-corrected chi connectivity index (χ0v) is 12.2.